The number of benzene rings is 2. The van der Waals surface area contributed by atoms with Crippen molar-refractivity contribution >= 4 is 0 Å². The summed E-state index contributed by atoms with van der Waals surface area (Å²) in [4.78, 5) is 2.59. The van der Waals surface area contributed by atoms with E-state index in [1.807, 2.05) is 6.07 Å². The Morgan fingerprint density at radius 2 is 1.92 bits per heavy atom. The van der Waals surface area contributed by atoms with E-state index in [4.69, 9.17) is 10.5 Å². The van der Waals surface area contributed by atoms with Crippen molar-refractivity contribution in [2.75, 3.05) is 26.2 Å². The average molecular weight is 338 g/mol. The largest absolute Gasteiger partial charge is 0.492 e. The maximum atomic E-state index is 5.79. The van der Waals surface area contributed by atoms with Gasteiger partial charge in [0.2, 0.25) is 0 Å². The van der Waals surface area contributed by atoms with E-state index in [1.54, 1.807) is 0 Å². The molecular formula is C22H30N2O. The Bertz CT molecular complexity index is 671. The molecule has 0 saturated carbocycles. The molecule has 1 aliphatic rings. The van der Waals surface area contributed by atoms with Crippen LogP contribution in [0.5, 0.6) is 5.75 Å². The maximum absolute atomic E-state index is 5.79. The van der Waals surface area contributed by atoms with Crippen molar-refractivity contribution in [3.8, 4) is 5.75 Å². The Morgan fingerprint density at radius 1 is 1.12 bits per heavy atom. The molecule has 2 aromatic rings. The van der Waals surface area contributed by atoms with Gasteiger partial charge < -0.3 is 15.4 Å². The molecule has 1 saturated heterocycles. The summed E-state index contributed by atoms with van der Waals surface area (Å²) in [5.74, 6) is 0.929. The standard InChI is InChI=1S/C22H30N2O/c1-18(2)24-13-11-22(17-24,16-19-7-4-3-5-8-19)20-9-6-10-21(15-20)25-14-12-23/h3-10,15,18H,11-14,16-17,23H2,1-2H3. The highest BCUT2D eigenvalue weighted by atomic mass is 16.5. The van der Waals surface area contributed by atoms with Gasteiger partial charge in [-0.15, -0.1) is 0 Å². The first-order valence-electron chi connectivity index (χ1n) is 9.34. The quantitative estimate of drug-likeness (QED) is 0.838. The molecule has 1 aliphatic heterocycles. The molecule has 134 valence electrons. The van der Waals surface area contributed by atoms with Crippen molar-refractivity contribution in [2.45, 2.75) is 38.1 Å². The van der Waals surface area contributed by atoms with Crippen LogP contribution in [0.25, 0.3) is 0 Å². The molecule has 3 rings (SSSR count). The van der Waals surface area contributed by atoms with Gasteiger partial charge in [-0.25, -0.2) is 0 Å². The highest BCUT2D eigenvalue weighted by molar-refractivity contribution is 5.37. The summed E-state index contributed by atoms with van der Waals surface area (Å²) in [5, 5.41) is 0. The average Bonchev–Trinajstić information content (AvgIpc) is 3.07. The third kappa shape index (κ3) is 4.23. The predicted octanol–water partition coefficient (Wildman–Crippen LogP) is 3.62. The van der Waals surface area contributed by atoms with E-state index >= 15 is 0 Å². The number of rotatable bonds is 7. The Hall–Kier alpha value is -1.84. The minimum atomic E-state index is 0.147. The van der Waals surface area contributed by atoms with E-state index in [2.05, 4.69) is 67.3 Å². The molecule has 3 nitrogen and oxygen atoms in total. The molecule has 0 spiro atoms. The zero-order valence-electron chi connectivity index (χ0n) is 15.4. The third-order valence-electron chi connectivity index (χ3n) is 5.33. The summed E-state index contributed by atoms with van der Waals surface area (Å²) in [6.07, 6.45) is 2.25. The Balaban J connectivity index is 1.91. The Kier molecular flexibility index (Phi) is 5.77. The van der Waals surface area contributed by atoms with Gasteiger partial charge in [-0.2, -0.15) is 0 Å². The number of nitrogens with zero attached hydrogens (tertiary/aromatic N) is 1. The molecule has 0 aliphatic carbocycles. The lowest BCUT2D eigenvalue weighted by molar-refractivity contribution is 0.254. The van der Waals surface area contributed by atoms with Crippen LogP contribution in [0.15, 0.2) is 54.6 Å². The van der Waals surface area contributed by atoms with Crippen molar-refractivity contribution in [1.82, 2.24) is 4.90 Å². The molecule has 0 aromatic heterocycles. The van der Waals surface area contributed by atoms with E-state index in [9.17, 15) is 0 Å². The van der Waals surface area contributed by atoms with Crippen LogP contribution in [-0.2, 0) is 11.8 Å². The van der Waals surface area contributed by atoms with Crippen LogP contribution >= 0.6 is 0 Å². The molecule has 3 heteroatoms. The van der Waals surface area contributed by atoms with Crippen LogP contribution in [0.1, 0.15) is 31.4 Å². The number of ether oxygens (including phenoxy) is 1. The molecule has 0 bridgehead atoms. The maximum Gasteiger partial charge on any atom is 0.119 e. The van der Waals surface area contributed by atoms with Gasteiger partial charge >= 0.3 is 0 Å². The fraction of sp³-hybridized carbons (Fsp3) is 0.455. The minimum Gasteiger partial charge on any atom is -0.492 e. The molecule has 1 atom stereocenters. The molecule has 1 unspecified atom stereocenters. The number of hydrogen-bond donors (Lipinski definition) is 1. The van der Waals surface area contributed by atoms with E-state index < -0.39 is 0 Å². The molecular weight excluding hydrogens is 308 g/mol. The lowest BCUT2D eigenvalue weighted by Gasteiger charge is -2.32. The second-order valence-corrected chi connectivity index (χ2v) is 7.42. The fourth-order valence-corrected chi connectivity index (χ4v) is 3.91. The molecule has 2 aromatic carbocycles. The van der Waals surface area contributed by atoms with Gasteiger partial charge in [0.15, 0.2) is 0 Å². The van der Waals surface area contributed by atoms with E-state index in [0.29, 0.717) is 19.2 Å². The first kappa shape index (κ1) is 18.0. The molecule has 0 amide bonds. The van der Waals surface area contributed by atoms with Gasteiger partial charge in [-0.05, 0) is 56.5 Å². The summed E-state index contributed by atoms with van der Waals surface area (Å²) >= 11 is 0. The van der Waals surface area contributed by atoms with Crippen molar-refractivity contribution in [3.63, 3.8) is 0 Å². The van der Waals surface area contributed by atoms with Crippen LogP contribution in [0.3, 0.4) is 0 Å². The van der Waals surface area contributed by atoms with Crippen LogP contribution < -0.4 is 10.5 Å². The molecule has 25 heavy (non-hydrogen) atoms. The smallest absolute Gasteiger partial charge is 0.119 e. The van der Waals surface area contributed by atoms with Gasteiger partial charge in [0.05, 0.1) is 0 Å². The van der Waals surface area contributed by atoms with Crippen LogP contribution in [0.4, 0.5) is 0 Å². The molecule has 0 radical (unpaired) electrons. The van der Waals surface area contributed by atoms with E-state index in [0.717, 1.165) is 25.3 Å². The van der Waals surface area contributed by atoms with Gasteiger partial charge in [0.1, 0.15) is 12.4 Å². The Morgan fingerprint density at radius 3 is 2.60 bits per heavy atom. The zero-order valence-corrected chi connectivity index (χ0v) is 15.4. The lowest BCUT2D eigenvalue weighted by Crippen LogP contribution is -2.36. The fourth-order valence-electron chi connectivity index (χ4n) is 3.91. The van der Waals surface area contributed by atoms with Crippen molar-refractivity contribution in [1.29, 1.82) is 0 Å². The summed E-state index contributed by atoms with van der Waals surface area (Å²) < 4.78 is 5.79. The summed E-state index contributed by atoms with van der Waals surface area (Å²) in [6, 6.07) is 20.1. The van der Waals surface area contributed by atoms with Crippen molar-refractivity contribution < 1.29 is 4.74 Å². The molecule has 2 N–H and O–H groups in total. The molecule has 1 heterocycles. The van der Waals surface area contributed by atoms with Gasteiger partial charge in [-0.3, -0.25) is 0 Å². The Labute approximate surface area is 151 Å². The van der Waals surface area contributed by atoms with Gasteiger partial charge in [0, 0.05) is 24.5 Å². The van der Waals surface area contributed by atoms with Gasteiger partial charge in [0.25, 0.3) is 0 Å². The van der Waals surface area contributed by atoms with Gasteiger partial charge in [-0.1, -0.05) is 42.5 Å². The summed E-state index contributed by atoms with van der Waals surface area (Å²) in [6.45, 7) is 7.94. The topological polar surface area (TPSA) is 38.5 Å². The normalized spacial score (nSPS) is 21.0. The number of nitrogens with two attached hydrogens (primary N) is 1. The second-order valence-electron chi connectivity index (χ2n) is 7.42. The predicted molar refractivity (Wildman–Crippen MR) is 104 cm³/mol. The minimum absolute atomic E-state index is 0.147. The highest BCUT2D eigenvalue weighted by Gasteiger charge is 2.40. The van der Waals surface area contributed by atoms with E-state index in [1.165, 1.54) is 17.5 Å². The first-order chi connectivity index (χ1) is 12.1. The second kappa shape index (κ2) is 8.03. The number of hydrogen-bond acceptors (Lipinski definition) is 3. The third-order valence-corrected chi connectivity index (χ3v) is 5.33. The van der Waals surface area contributed by atoms with Crippen LogP contribution in [0.2, 0.25) is 0 Å². The summed E-state index contributed by atoms with van der Waals surface area (Å²) in [5.41, 5.74) is 8.52. The lowest BCUT2D eigenvalue weighted by atomic mass is 9.75. The first-order valence-corrected chi connectivity index (χ1v) is 9.34. The van der Waals surface area contributed by atoms with Crippen LogP contribution in [0, 0.1) is 0 Å². The van der Waals surface area contributed by atoms with Crippen molar-refractivity contribution in [3.05, 3.63) is 65.7 Å². The van der Waals surface area contributed by atoms with E-state index in [-0.39, 0.29) is 5.41 Å². The van der Waals surface area contributed by atoms with Crippen molar-refractivity contribution in [2.24, 2.45) is 5.73 Å². The monoisotopic (exact) mass is 338 g/mol. The zero-order chi connectivity index (χ0) is 17.7. The molecule has 1 fully saturated rings. The highest BCUT2D eigenvalue weighted by Crippen LogP contribution is 2.39. The summed E-state index contributed by atoms with van der Waals surface area (Å²) in [7, 11) is 0. The SMILES string of the molecule is CC(C)N1CCC(Cc2ccccc2)(c2cccc(OCCN)c2)C1. The van der Waals surface area contributed by atoms with Crippen LogP contribution in [-0.4, -0.2) is 37.2 Å². The number of likely N-dealkylation sites (tertiary alicyclic amines) is 1.